The second kappa shape index (κ2) is 11.2. The zero-order chi connectivity index (χ0) is 26.5. The van der Waals surface area contributed by atoms with Crippen molar-refractivity contribution in [1.29, 1.82) is 0 Å². The lowest BCUT2D eigenvalue weighted by atomic mass is 10.1. The van der Waals surface area contributed by atoms with E-state index in [4.69, 9.17) is 9.47 Å². The molecule has 8 nitrogen and oxygen atoms in total. The molecule has 4 rings (SSSR count). The van der Waals surface area contributed by atoms with Crippen molar-refractivity contribution < 1.29 is 19.1 Å². The van der Waals surface area contributed by atoms with E-state index in [-0.39, 0.29) is 23.5 Å². The van der Waals surface area contributed by atoms with Crippen molar-refractivity contribution in [3.8, 4) is 11.8 Å². The second-order valence-electron chi connectivity index (χ2n) is 9.05. The number of ether oxygens (including phenoxy) is 2. The van der Waals surface area contributed by atoms with Crippen molar-refractivity contribution in [2.45, 2.75) is 52.0 Å². The third-order valence-electron chi connectivity index (χ3n) is 5.99. The molecule has 8 heteroatoms. The van der Waals surface area contributed by atoms with Gasteiger partial charge in [-0.25, -0.2) is 9.59 Å². The molecule has 0 N–H and O–H groups in total. The van der Waals surface area contributed by atoms with Gasteiger partial charge in [0.2, 0.25) is 0 Å². The van der Waals surface area contributed by atoms with E-state index in [9.17, 15) is 19.2 Å². The van der Waals surface area contributed by atoms with E-state index in [0.717, 1.165) is 0 Å². The van der Waals surface area contributed by atoms with Crippen LogP contribution >= 0.6 is 0 Å². The number of carbonyl (C=O) groups is 2. The summed E-state index contributed by atoms with van der Waals surface area (Å²) in [5.74, 6) is 4.44. The topological polar surface area (TPSA) is 96.6 Å². The third-order valence-corrected chi connectivity index (χ3v) is 5.99. The van der Waals surface area contributed by atoms with Gasteiger partial charge in [0.25, 0.3) is 11.5 Å². The van der Waals surface area contributed by atoms with Gasteiger partial charge in [-0.1, -0.05) is 69.0 Å². The average molecular weight is 501 g/mol. The van der Waals surface area contributed by atoms with E-state index in [0.29, 0.717) is 16.6 Å². The van der Waals surface area contributed by atoms with Gasteiger partial charge in [0, 0.05) is 24.1 Å². The van der Waals surface area contributed by atoms with Crippen molar-refractivity contribution >= 4 is 11.9 Å². The molecule has 1 aliphatic rings. The molecule has 0 aliphatic carbocycles. The summed E-state index contributed by atoms with van der Waals surface area (Å²) in [5.41, 5.74) is -1.04. The minimum Gasteiger partial charge on any atom is -0.456 e. The minimum atomic E-state index is -0.860. The van der Waals surface area contributed by atoms with Crippen molar-refractivity contribution in [2.75, 3.05) is 0 Å². The fraction of sp³-hybridized carbons (Fsp3) is 0.310. The predicted molar refractivity (Wildman–Crippen MR) is 137 cm³/mol. The maximum Gasteiger partial charge on any atom is 0.340 e. The lowest BCUT2D eigenvalue weighted by Crippen LogP contribution is -2.45. The molecule has 0 unspecified atom stereocenters. The Morgan fingerprint density at radius 2 is 1.65 bits per heavy atom. The van der Waals surface area contributed by atoms with Crippen LogP contribution in [0.25, 0.3) is 0 Å². The van der Waals surface area contributed by atoms with Gasteiger partial charge in [-0.05, 0) is 30.7 Å². The van der Waals surface area contributed by atoms with Crippen LogP contribution in [-0.2, 0) is 9.47 Å². The van der Waals surface area contributed by atoms with Crippen molar-refractivity contribution in [3.63, 3.8) is 0 Å². The fourth-order valence-electron chi connectivity index (χ4n) is 4.11. The van der Waals surface area contributed by atoms with E-state index in [1.54, 1.807) is 48.5 Å². The van der Waals surface area contributed by atoms with Crippen LogP contribution in [0.5, 0.6) is 0 Å². The summed E-state index contributed by atoms with van der Waals surface area (Å²) in [7, 11) is 0. The molecular formula is C29H28N2O6. The highest BCUT2D eigenvalue weighted by Gasteiger charge is 2.39. The van der Waals surface area contributed by atoms with Gasteiger partial charge in [0.15, 0.2) is 0 Å². The van der Waals surface area contributed by atoms with Crippen LogP contribution in [0.2, 0.25) is 0 Å². The number of hydrogen-bond acceptors (Lipinski definition) is 6. The molecule has 0 bridgehead atoms. The normalized spacial score (nSPS) is 18.8. The van der Waals surface area contributed by atoms with E-state index in [2.05, 4.69) is 11.8 Å². The summed E-state index contributed by atoms with van der Waals surface area (Å²) < 4.78 is 13.6. The molecule has 3 aromatic rings. The van der Waals surface area contributed by atoms with Crippen LogP contribution in [0.1, 0.15) is 66.1 Å². The SMILES string of the molecule is CC[C@@H]1O[C@H](n2cc(C#CC(C)C)c(=O)n(C(=O)c3ccccc3)c2=O)C[C@@H]1OC(=O)c1ccccc1. The minimum absolute atomic E-state index is 0.000963. The maximum atomic E-state index is 13.5. The van der Waals surface area contributed by atoms with Crippen molar-refractivity contribution in [3.05, 3.63) is 104 Å². The van der Waals surface area contributed by atoms with Crippen LogP contribution in [0, 0.1) is 17.8 Å². The summed E-state index contributed by atoms with van der Waals surface area (Å²) >= 11 is 0. The average Bonchev–Trinajstić information content (AvgIpc) is 3.31. The van der Waals surface area contributed by atoms with E-state index < -0.39 is 41.6 Å². The van der Waals surface area contributed by atoms with Gasteiger partial charge in [-0.3, -0.25) is 14.2 Å². The first-order valence-corrected chi connectivity index (χ1v) is 12.2. The monoisotopic (exact) mass is 500 g/mol. The molecule has 190 valence electrons. The first kappa shape index (κ1) is 25.9. The third kappa shape index (κ3) is 5.63. The number of hydrogen-bond donors (Lipinski definition) is 0. The Bertz CT molecular complexity index is 1460. The molecule has 1 aliphatic heterocycles. The molecule has 2 aromatic carbocycles. The number of aromatic nitrogens is 2. The summed E-state index contributed by atoms with van der Waals surface area (Å²) in [6.45, 7) is 5.63. The number of rotatable bonds is 5. The quantitative estimate of drug-likeness (QED) is 0.392. The van der Waals surface area contributed by atoms with E-state index in [1.165, 1.54) is 22.9 Å². The van der Waals surface area contributed by atoms with Crippen LogP contribution in [-0.4, -0.2) is 33.2 Å². The molecule has 37 heavy (non-hydrogen) atoms. The zero-order valence-electron chi connectivity index (χ0n) is 20.9. The predicted octanol–water partition coefficient (Wildman–Crippen LogP) is 3.63. The Morgan fingerprint density at radius 3 is 2.24 bits per heavy atom. The fourth-order valence-corrected chi connectivity index (χ4v) is 4.11. The Morgan fingerprint density at radius 1 is 1.03 bits per heavy atom. The van der Waals surface area contributed by atoms with Gasteiger partial charge in [0.1, 0.15) is 17.9 Å². The zero-order valence-corrected chi connectivity index (χ0v) is 20.9. The molecule has 0 radical (unpaired) electrons. The first-order chi connectivity index (χ1) is 17.8. The Hall–Kier alpha value is -4.22. The molecule has 1 saturated heterocycles. The standard InChI is InChI=1S/C29H28N2O6/c1-4-23-24(37-28(34)21-13-9-6-10-14-21)17-25(36-23)30-18-22(16-15-19(2)3)27(33)31(29(30)35)26(32)20-11-7-5-8-12-20/h5-14,18-19,23-25H,4,17H2,1-3H3/t23-,24-,25-/m0/s1. The Balaban J connectivity index is 1.74. The van der Waals surface area contributed by atoms with Gasteiger partial charge in [-0.2, -0.15) is 4.57 Å². The number of carbonyl (C=O) groups excluding carboxylic acids is 2. The Labute approximate surface area is 214 Å². The molecular weight excluding hydrogens is 472 g/mol. The molecule has 0 amide bonds. The van der Waals surface area contributed by atoms with Gasteiger partial charge in [-0.15, -0.1) is 0 Å². The summed E-state index contributed by atoms with van der Waals surface area (Å²) in [5, 5.41) is 0. The second-order valence-corrected chi connectivity index (χ2v) is 9.05. The highest BCUT2D eigenvalue weighted by Crippen LogP contribution is 2.32. The van der Waals surface area contributed by atoms with Crippen LogP contribution in [0.4, 0.5) is 0 Å². The lowest BCUT2D eigenvalue weighted by molar-refractivity contribution is -0.0312. The van der Waals surface area contributed by atoms with Crippen molar-refractivity contribution in [2.24, 2.45) is 5.92 Å². The van der Waals surface area contributed by atoms with Gasteiger partial charge in [0.05, 0.1) is 11.7 Å². The summed E-state index contributed by atoms with van der Waals surface area (Å²) in [6, 6.07) is 16.7. The van der Waals surface area contributed by atoms with Crippen molar-refractivity contribution in [1.82, 2.24) is 9.13 Å². The number of esters is 1. The van der Waals surface area contributed by atoms with Crippen LogP contribution < -0.4 is 11.2 Å². The lowest BCUT2D eigenvalue weighted by Gasteiger charge is -2.17. The summed E-state index contributed by atoms with van der Waals surface area (Å²) in [6.07, 6.45) is 0.0750. The van der Waals surface area contributed by atoms with E-state index >= 15 is 0 Å². The molecule has 0 spiro atoms. The Kier molecular flexibility index (Phi) is 7.85. The van der Waals surface area contributed by atoms with Gasteiger partial charge >= 0.3 is 11.7 Å². The molecule has 3 atom stereocenters. The molecule has 2 heterocycles. The smallest absolute Gasteiger partial charge is 0.340 e. The maximum absolute atomic E-state index is 13.5. The molecule has 0 saturated carbocycles. The van der Waals surface area contributed by atoms with E-state index in [1.807, 2.05) is 20.8 Å². The van der Waals surface area contributed by atoms with Crippen LogP contribution in [0.3, 0.4) is 0 Å². The highest BCUT2D eigenvalue weighted by molar-refractivity contribution is 5.95. The molecule has 1 aromatic heterocycles. The number of benzene rings is 2. The molecule has 1 fully saturated rings. The largest absolute Gasteiger partial charge is 0.456 e. The number of nitrogens with zero attached hydrogens (tertiary/aromatic N) is 2. The van der Waals surface area contributed by atoms with Crippen LogP contribution in [0.15, 0.2) is 76.4 Å². The van der Waals surface area contributed by atoms with Gasteiger partial charge < -0.3 is 9.47 Å². The summed E-state index contributed by atoms with van der Waals surface area (Å²) in [4.78, 5) is 52.6. The first-order valence-electron chi connectivity index (χ1n) is 12.2. The highest BCUT2D eigenvalue weighted by atomic mass is 16.6.